The van der Waals surface area contributed by atoms with Crippen molar-refractivity contribution in [2.45, 2.75) is 67.1 Å². The monoisotopic (exact) mass is 581 g/mol. The van der Waals surface area contributed by atoms with Gasteiger partial charge in [0.25, 0.3) is 0 Å². The average Bonchev–Trinajstić information content (AvgIpc) is 2.84. The zero-order valence-electron chi connectivity index (χ0n) is 19.6. The minimum Gasteiger partial charge on any atom is -0.490 e. The number of hydrogen-bond acceptors (Lipinski definition) is 5. The minimum absolute atomic E-state index is 0. The first-order valence-corrected chi connectivity index (χ1v) is 14.8. The van der Waals surface area contributed by atoms with E-state index in [1.165, 1.54) is 0 Å². The van der Waals surface area contributed by atoms with E-state index in [-0.39, 0.29) is 39.7 Å². The van der Waals surface area contributed by atoms with Crippen LogP contribution in [0, 0.1) is 23.5 Å². The van der Waals surface area contributed by atoms with E-state index in [4.69, 9.17) is 4.74 Å². The Morgan fingerprint density at radius 2 is 1.71 bits per heavy atom. The van der Waals surface area contributed by atoms with Crippen LogP contribution in [0.15, 0.2) is 41.3 Å². The standard InChI is InChI=1S/C24H24F5NO5S2.CH4/c1-2-14-11-16-17-12-35-22-19(26)8-7-18(25)21(22)23(17,10-9-20(16)30-37(14,33)34)36(31,32)15-5-3-13(4-6-15)24(27,28)29;/h3-8,14,16-17,20,30H,2,9-12H2,1H3;1H4/t14-,16+,17+,20-,23+;/m1./s1. The summed E-state index contributed by atoms with van der Waals surface area (Å²) in [6.07, 6.45) is -4.63. The molecule has 1 saturated carbocycles. The van der Waals surface area contributed by atoms with Crippen LogP contribution in [0.2, 0.25) is 0 Å². The van der Waals surface area contributed by atoms with Gasteiger partial charge in [-0.1, -0.05) is 14.4 Å². The topological polar surface area (TPSA) is 89.5 Å². The smallest absolute Gasteiger partial charge is 0.416 e. The highest BCUT2D eigenvalue weighted by Gasteiger charge is 2.64. The Labute approximate surface area is 218 Å². The number of rotatable bonds is 3. The van der Waals surface area contributed by atoms with Gasteiger partial charge in [0.15, 0.2) is 21.4 Å². The highest BCUT2D eigenvalue weighted by atomic mass is 32.2. The lowest BCUT2D eigenvalue weighted by molar-refractivity contribution is -0.137. The van der Waals surface area contributed by atoms with Gasteiger partial charge in [-0.25, -0.2) is 30.3 Å². The summed E-state index contributed by atoms with van der Waals surface area (Å²) in [6, 6.07) is 3.88. The maximum Gasteiger partial charge on any atom is 0.416 e. The van der Waals surface area contributed by atoms with Crippen molar-refractivity contribution in [3.63, 3.8) is 0 Å². The fraction of sp³-hybridized carbons (Fsp3) is 0.520. The van der Waals surface area contributed by atoms with E-state index in [1.807, 2.05) is 0 Å². The first kappa shape index (κ1) is 28.8. The molecule has 1 N–H and O–H groups in total. The molecular weight excluding hydrogens is 553 g/mol. The van der Waals surface area contributed by atoms with E-state index in [2.05, 4.69) is 4.72 Å². The molecule has 2 aromatic rings. The molecule has 0 aromatic heterocycles. The van der Waals surface area contributed by atoms with Gasteiger partial charge in [0, 0.05) is 12.0 Å². The Morgan fingerprint density at radius 1 is 1.08 bits per heavy atom. The molecule has 13 heteroatoms. The van der Waals surface area contributed by atoms with Gasteiger partial charge in [-0.15, -0.1) is 0 Å². The number of ether oxygens (including phenoxy) is 1. The molecule has 2 heterocycles. The number of nitrogens with one attached hydrogen (secondary N) is 1. The van der Waals surface area contributed by atoms with E-state index in [1.54, 1.807) is 6.92 Å². The Morgan fingerprint density at radius 3 is 2.32 bits per heavy atom. The minimum atomic E-state index is -4.70. The Bertz CT molecular complexity index is 1440. The third kappa shape index (κ3) is 4.12. The lowest BCUT2D eigenvalue weighted by atomic mass is 9.64. The van der Waals surface area contributed by atoms with Crippen molar-refractivity contribution in [2.75, 3.05) is 6.61 Å². The van der Waals surface area contributed by atoms with Gasteiger partial charge in [0.05, 0.1) is 27.9 Å². The van der Waals surface area contributed by atoms with Gasteiger partial charge in [0.1, 0.15) is 10.6 Å². The van der Waals surface area contributed by atoms with Gasteiger partial charge in [-0.05, 0) is 68.0 Å². The normalized spacial score (nSPS) is 30.2. The molecule has 1 aliphatic carbocycles. The maximum atomic E-state index is 15.5. The van der Waals surface area contributed by atoms with Crippen LogP contribution in [0.1, 0.15) is 51.2 Å². The third-order valence-corrected chi connectivity index (χ3v) is 12.7. The van der Waals surface area contributed by atoms with Crippen LogP contribution in [0.4, 0.5) is 22.0 Å². The summed E-state index contributed by atoms with van der Waals surface area (Å²) >= 11 is 0. The highest BCUT2D eigenvalue weighted by molar-refractivity contribution is 7.92. The van der Waals surface area contributed by atoms with Crippen LogP contribution < -0.4 is 9.46 Å². The Hall–Kier alpha value is -2.25. The molecule has 1 saturated heterocycles. The summed E-state index contributed by atoms with van der Waals surface area (Å²) in [5.41, 5.74) is -1.55. The second-order valence-corrected chi connectivity index (χ2v) is 14.0. The molecule has 0 spiro atoms. The molecule has 0 bridgehead atoms. The summed E-state index contributed by atoms with van der Waals surface area (Å²) in [5, 5.41) is -0.822. The van der Waals surface area contributed by atoms with Gasteiger partial charge in [-0.3, -0.25) is 0 Å². The molecule has 2 aliphatic heterocycles. The molecule has 6 nitrogen and oxygen atoms in total. The maximum absolute atomic E-state index is 15.5. The quantitative estimate of drug-likeness (QED) is 0.505. The fourth-order valence-electron chi connectivity index (χ4n) is 6.31. The Kier molecular flexibility index (Phi) is 7.14. The largest absolute Gasteiger partial charge is 0.490 e. The van der Waals surface area contributed by atoms with Crippen molar-refractivity contribution in [1.82, 2.24) is 4.72 Å². The molecule has 2 aromatic carbocycles. The molecule has 0 amide bonds. The van der Waals surface area contributed by atoms with Gasteiger partial charge >= 0.3 is 6.18 Å². The van der Waals surface area contributed by atoms with Crippen molar-refractivity contribution < 1.29 is 43.5 Å². The second kappa shape index (κ2) is 9.44. The predicted octanol–water partition coefficient (Wildman–Crippen LogP) is 5.18. The fourth-order valence-corrected chi connectivity index (χ4v) is 10.5. The summed E-state index contributed by atoms with van der Waals surface area (Å²) in [4.78, 5) is -0.469. The lowest BCUT2D eigenvalue weighted by Crippen LogP contribution is -2.63. The summed E-state index contributed by atoms with van der Waals surface area (Å²) < 4.78 is 130. The van der Waals surface area contributed by atoms with Crippen molar-refractivity contribution in [1.29, 1.82) is 0 Å². The molecule has 2 fully saturated rings. The van der Waals surface area contributed by atoms with E-state index < -0.39 is 87.3 Å². The van der Waals surface area contributed by atoms with E-state index in [0.717, 1.165) is 24.3 Å². The summed E-state index contributed by atoms with van der Waals surface area (Å²) in [7, 11) is -8.30. The molecular formula is C25H28F5NO5S2. The predicted molar refractivity (Wildman–Crippen MR) is 130 cm³/mol. The van der Waals surface area contributed by atoms with Gasteiger partial charge < -0.3 is 4.74 Å². The number of hydrogen-bond donors (Lipinski definition) is 1. The van der Waals surface area contributed by atoms with Crippen LogP contribution in [-0.2, 0) is 30.8 Å². The number of fused-ring (bicyclic) bond motifs is 5. The second-order valence-electron chi connectivity index (χ2n) is 9.80. The summed E-state index contributed by atoms with van der Waals surface area (Å²) in [6.45, 7) is 1.35. The van der Waals surface area contributed by atoms with Crippen LogP contribution >= 0.6 is 0 Å². The Balaban J connectivity index is 0.00000336. The molecule has 38 heavy (non-hydrogen) atoms. The summed E-state index contributed by atoms with van der Waals surface area (Å²) in [5.74, 6) is -4.11. The van der Waals surface area contributed by atoms with Crippen LogP contribution in [0.3, 0.4) is 0 Å². The zero-order valence-corrected chi connectivity index (χ0v) is 21.2. The van der Waals surface area contributed by atoms with E-state index in [9.17, 15) is 34.4 Å². The van der Waals surface area contributed by atoms with Crippen LogP contribution in [0.25, 0.3) is 0 Å². The van der Waals surface area contributed by atoms with Crippen LogP contribution in [-0.4, -0.2) is 34.7 Å². The molecule has 3 aliphatic rings. The van der Waals surface area contributed by atoms with Crippen molar-refractivity contribution in [2.24, 2.45) is 11.8 Å². The first-order valence-electron chi connectivity index (χ1n) is 11.8. The van der Waals surface area contributed by atoms with E-state index >= 15 is 4.39 Å². The van der Waals surface area contributed by atoms with Crippen molar-refractivity contribution in [3.8, 4) is 5.75 Å². The molecule has 210 valence electrons. The third-order valence-electron chi connectivity index (χ3n) is 8.06. The highest BCUT2D eigenvalue weighted by Crippen LogP contribution is 2.59. The molecule has 5 atom stereocenters. The van der Waals surface area contributed by atoms with Crippen molar-refractivity contribution >= 4 is 19.9 Å². The van der Waals surface area contributed by atoms with E-state index in [0.29, 0.717) is 12.1 Å². The number of sulfone groups is 1. The van der Waals surface area contributed by atoms with Gasteiger partial charge in [-0.2, -0.15) is 13.2 Å². The zero-order chi connectivity index (χ0) is 27.0. The SMILES string of the molecule is C.CC[C@@H]1C[C@@H]2[C@@H](CC[C@@]3(S(=O)(=O)c4ccc(C(F)(F)F)cc4)c4c(F)ccc(F)c4OC[C@@H]23)NS1(=O)=O. The average molecular weight is 582 g/mol. The number of alkyl halides is 3. The molecule has 0 radical (unpaired) electrons. The molecule has 5 rings (SSSR count). The number of halogens is 5. The van der Waals surface area contributed by atoms with Gasteiger partial charge in [0.2, 0.25) is 10.0 Å². The molecule has 0 unspecified atom stereocenters. The van der Waals surface area contributed by atoms with Crippen molar-refractivity contribution in [3.05, 3.63) is 59.2 Å². The lowest BCUT2D eigenvalue weighted by Gasteiger charge is -2.54. The van der Waals surface area contributed by atoms with Crippen LogP contribution in [0.5, 0.6) is 5.75 Å². The number of benzene rings is 2. The first-order chi connectivity index (χ1) is 17.2. The number of sulfonamides is 1.